The lowest BCUT2D eigenvalue weighted by atomic mass is 10.1. The highest BCUT2D eigenvalue weighted by Gasteiger charge is 2.19. The molecule has 0 radical (unpaired) electrons. The predicted molar refractivity (Wildman–Crippen MR) is 73.1 cm³/mol. The van der Waals surface area contributed by atoms with E-state index in [1.807, 2.05) is 0 Å². The summed E-state index contributed by atoms with van der Waals surface area (Å²) in [6.07, 6.45) is 1.95. The van der Waals surface area contributed by atoms with E-state index in [2.05, 4.69) is 28.2 Å². The molecule has 1 atom stereocenters. The summed E-state index contributed by atoms with van der Waals surface area (Å²) in [6.45, 7) is 2.51. The van der Waals surface area contributed by atoms with Crippen molar-refractivity contribution in [1.82, 2.24) is 5.32 Å². The van der Waals surface area contributed by atoms with Gasteiger partial charge in [-0.2, -0.15) is 0 Å². The minimum atomic E-state index is -0.549. The first-order chi connectivity index (χ1) is 8.56. The Kier molecular flexibility index (Phi) is 5.77. The summed E-state index contributed by atoms with van der Waals surface area (Å²) in [6, 6.07) is 5.93. The number of nitrogens with one attached hydrogen (secondary N) is 1. The lowest BCUT2D eigenvalue weighted by molar-refractivity contribution is -0.385. The van der Waals surface area contributed by atoms with Crippen LogP contribution in [0.4, 0.5) is 5.69 Å². The van der Waals surface area contributed by atoms with E-state index in [0.717, 1.165) is 12.8 Å². The zero-order valence-corrected chi connectivity index (χ0v) is 11.6. The molecule has 1 rings (SSSR count). The van der Waals surface area contributed by atoms with Gasteiger partial charge in [0.2, 0.25) is 0 Å². The second-order valence-electron chi connectivity index (χ2n) is 3.87. The number of hydrogen-bond donors (Lipinski definition) is 1. The van der Waals surface area contributed by atoms with Gasteiger partial charge in [0, 0.05) is 17.4 Å². The van der Waals surface area contributed by atoms with Gasteiger partial charge in [0.25, 0.3) is 11.6 Å². The van der Waals surface area contributed by atoms with Crippen LogP contribution in [0.15, 0.2) is 24.3 Å². The first-order valence-electron chi connectivity index (χ1n) is 5.72. The van der Waals surface area contributed by atoms with Gasteiger partial charge in [-0.3, -0.25) is 14.9 Å². The smallest absolute Gasteiger partial charge is 0.282 e. The number of nitrogens with zero attached hydrogens (tertiary/aromatic N) is 1. The van der Waals surface area contributed by atoms with Gasteiger partial charge in [0.1, 0.15) is 5.56 Å². The second-order valence-corrected chi connectivity index (χ2v) is 5.17. The molecule has 5 nitrogen and oxygen atoms in total. The summed E-state index contributed by atoms with van der Waals surface area (Å²) in [5, 5.41) is 13.5. The van der Waals surface area contributed by atoms with E-state index in [1.54, 1.807) is 12.1 Å². The van der Waals surface area contributed by atoms with Crippen LogP contribution in [0.5, 0.6) is 0 Å². The molecular weight excluding hydrogens is 300 g/mol. The Bertz CT molecular complexity index is 437. The third-order valence-electron chi connectivity index (χ3n) is 2.43. The molecule has 0 fully saturated rings. The fourth-order valence-corrected chi connectivity index (χ4v) is 2.16. The number of nitro benzene ring substituents is 1. The molecule has 1 amide bonds. The van der Waals surface area contributed by atoms with Crippen molar-refractivity contribution in [2.24, 2.45) is 0 Å². The van der Waals surface area contributed by atoms with Crippen LogP contribution in [-0.2, 0) is 0 Å². The molecule has 98 valence electrons. The molecule has 0 bridgehead atoms. The quantitative estimate of drug-likeness (QED) is 0.498. The summed E-state index contributed by atoms with van der Waals surface area (Å²) < 4.78 is 0. The number of hydrogen-bond acceptors (Lipinski definition) is 3. The van der Waals surface area contributed by atoms with Gasteiger partial charge < -0.3 is 5.32 Å². The predicted octanol–water partition coefficient (Wildman–Crippen LogP) is 2.89. The maximum Gasteiger partial charge on any atom is 0.282 e. The third-order valence-corrected chi connectivity index (χ3v) is 3.21. The molecule has 0 aliphatic heterocycles. The Labute approximate surface area is 114 Å². The molecule has 0 spiro atoms. The van der Waals surface area contributed by atoms with Gasteiger partial charge in [0.05, 0.1) is 4.92 Å². The molecule has 0 heterocycles. The lowest BCUT2D eigenvalue weighted by Gasteiger charge is -2.10. The minimum Gasteiger partial charge on any atom is -0.351 e. The zero-order valence-electron chi connectivity index (χ0n) is 10.1. The van der Waals surface area contributed by atoms with E-state index < -0.39 is 10.8 Å². The summed E-state index contributed by atoms with van der Waals surface area (Å²) in [7, 11) is 0. The zero-order chi connectivity index (χ0) is 13.5. The van der Waals surface area contributed by atoms with Crippen LogP contribution in [0.1, 0.15) is 30.1 Å². The standard InChI is InChI=1S/C12H15BrN2O3/c1-2-5-9(13)8-14-12(16)10-6-3-4-7-11(10)15(17)18/h3-4,6-7,9H,2,5,8H2,1H3,(H,14,16). The molecular formula is C12H15BrN2O3. The normalized spacial score (nSPS) is 11.9. The maximum absolute atomic E-state index is 11.8. The van der Waals surface area contributed by atoms with Crippen LogP contribution in [0.3, 0.4) is 0 Å². The number of carbonyl (C=O) groups excluding carboxylic acids is 1. The molecule has 1 N–H and O–H groups in total. The second kappa shape index (κ2) is 7.10. The maximum atomic E-state index is 11.8. The average Bonchev–Trinajstić information content (AvgIpc) is 2.36. The van der Waals surface area contributed by atoms with E-state index in [-0.39, 0.29) is 16.1 Å². The first kappa shape index (κ1) is 14.6. The third kappa shape index (κ3) is 4.10. The molecule has 1 aromatic carbocycles. The largest absolute Gasteiger partial charge is 0.351 e. The Morgan fingerprint density at radius 3 is 2.78 bits per heavy atom. The van der Waals surface area contributed by atoms with Gasteiger partial charge in [-0.05, 0) is 12.5 Å². The number of rotatable bonds is 6. The molecule has 1 unspecified atom stereocenters. The van der Waals surface area contributed by atoms with E-state index >= 15 is 0 Å². The van der Waals surface area contributed by atoms with Crippen molar-refractivity contribution in [2.75, 3.05) is 6.54 Å². The molecule has 0 saturated carbocycles. The first-order valence-corrected chi connectivity index (χ1v) is 6.63. The van der Waals surface area contributed by atoms with Gasteiger partial charge >= 0.3 is 0 Å². The molecule has 0 saturated heterocycles. The van der Waals surface area contributed by atoms with Crippen molar-refractivity contribution >= 4 is 27.5 Å². The van der Waals surface area contributed by atoms with Crippen molar-refractivity contribution in [1.29, 1.82) is 0 Å². The van der Waals surface area contributed by atoms with Crippen LogP contribution in [0, 0.1) is 10.1 Å². The van der Waals surface area contributed by atoms with Crippen LogP contribution in [-0.4, -0.2) is 22.2 Å². The summed E-state index contributed by atoms with van der Waals surface area (Å²) >= 11 is 3.44. The minimum absolute atomic E-state index is 0.0960. The summed E-state index contributed by atoms with van der Waals surface area (Å²) in [4.78, 5) is 22.3. The summed E-state index contributed by atoms with van der Waals surface area (Å²) in [5.74, 6) is -0.414. The van der Waals surface area contributed by atoms with Gasteiger partial charge in [-0.1, -0.05) is 41.4 Å². The fourth-order valence-electron chi connectivity index (χ4n) is 1.54. The topological polar surface area (TPSA) is 72.2 Å². The van der Waals surface area contributed by atoms with Crippen LogP contribution < -0.4 is 5.32 Å². The Balaban J connectivity index is 2.70. The van der Waals surface area contributed by atoms with Crippen molar-refractivity contribution in [3.05, 3.63) is 39.9 Å². The number of halogens is 1. The Morgan fingerprint density at radius 1 is 1.50 bits per heavy atom. The number of benzene rings is 1. The molecule has 0 aliphatic rings. The summed E-state index contributed by atoms with van der Waals surface area (Å²) in [5.41, 5.74) is -0.0738. The number of para-hydroxylation sites is 1. The van der Waals surface area contributed by atoms with Crippen molar-refractivity contribution in [3.8, 4) is 0 Å². The Hall–Kier alpha value is -1.43. The monoisotopic (exact) mass is 314 g/mol. The number of amides is 1. The molecule has 6 heteroatoms. The number of nitro groups is 1. The van der Waals surface area contributed by atoms with E-state index in [1.165, 1.54) is 12.1 Å². The van der Waals surface area contributed by atoms with Gasteiger partial charge in [-0.15, -0.1) is 0 Å². The highest BCUT2D eigenvalue weighted by Crippen LogP contribution is 2.17. The SMILES string of the molecule is CCCC(Br)CNC(=O)c1ccccc1[N+](=O)[O-]. The van der Waals surface area contributed by atoms with Gasteiger partial charge in [-0.25, -0.2) is 0 Å². The molecule has 18 heavy (non-hydrogen) atoms. The van der Waals surface area contributed by atoms with Crippen LogP contribution in [0.25, 0.3) is 0 Å². The average molecular weight is 315 g/mol. The van der Waals surface area contributed by atoms with Gasteiger partial charge in [0.15, 0.2) is 0 Å². The van der Waals surface area contributed by atoms with E-state index in [4.69, 9.17) is 0 Å². The fraction of sp³-hybridized carbons (Fsp3) is 0.417. The number of carbonyl (C=O) groups is 1. The van der Waals surface area contributed by atoms with Crippen molar-refractivity contribution in [2.45, 2.75) is 24.6 Å². The lowest BCUT2D eigenvalue weighted by Crippen LogP contribution is -2.29. The molecule has 0 aromatic heterocycles. The van der Waals surface area contributed by atoms with E-state index in [9.17, 15) is 14.9 Å². The number of alkyl halides is 1. The highest BCUT2D eigenvalue weighted by molar-refractivity contribution is 9.09. The Morgan fingerprint density at radius 2 is 2.17 bits per heavy atom. The van der Waals surface area contributed by atoms with Crippen molar-refractivity contribution in [3.63, 3.8) is 0 Å². The molecule has 0 aliphatic carbocycles. The van der Waals surface area contributed by atoms with Crippen LogP contribution >= 0.6 is 15.9 Å². The van der Waals surface area contributed by atoms with Crippen LogP contribution in [0.2, 0.25) is 0 Å². The molecule has 1 aromatic rings. The van der Waals surface area contributed by atoms with E-state index in [0.29, 0.717) is 6.54 Å². The highest BCUT2D eigenvalue weighted by atomic mass is 79.9. The van der Waals surface area contributed by atoms with Crippen molar-refractivity contribution < 1.29 is 9.72 Å².